The first-order chi connectivity index (χ1) is 11.1. The van der Waals surface area contributed by atoms with Crippen molar-refractivity contribution in [2.24, 2.45) is 0 Å². The Morgan fingerprint density at radius 3 is 2.26 bits per heavy atom. The van der Waals surface area contributed by atoms with E-state index in [1.807, 2.05) is 0 Å². The summed E-state index contributed by atoms with van der Waals surface area (Å²) in [7, 11) is 2.34. The van der Waals surface area contributed by atoms with E-state index in [2.05, 4.69) is 87.6 Å². The molecular formula is C22H22N+. The lowest BCUT2D eigenvalue weighted by Crippen LogP contribution is -2.40. The number of benzene rings is 3. The third-order valence-corrected chi connectivity index (χ3v) is 5.44. The first kappa shape index (κ1) is 14.2. The molecule has 23 heavy (non-hydrogen) atoms. The van der Waals surface area contributed by atoms with Crippen molar-refractivity contribution in [3.63, 3.8) is 0 Å². The van der Waals surface area contributed by atoms with E-state index in [-0.39, 0.29) is 0 Å². The van der Waals surface area contributed by atoms with Gasteiger partial charge in [-0.3, -0.25) is 4.48 Å². The van der Waals surface area contributed by atoms with Crippen molar-refractivity contribution in [1.29, 1.82) is 0 Å². The second kappa shape index (κ2) is 5.07. The minimum absolute atomic E-state index is 0.871. The molecule has 0 bridgehead atoms. The maximum Gasteiger partial charge on any atom is 0.146 e. The summed E-state index contributed by atoms with van der Waals surface area (Å²) in [5.74, 6) is 0. The van der Waals surface area contributed by atoms with E-state index < -0.39 is 0 Å². The third-order valence-electron chi connectivity index (χ3n) is 5.44. The normalized spacial score (nSPS) is 20.1. The highest BCUT2D eigenvalue weighted by atomic mass is 15.4. The second-order valence-electron chi connectivity index (χ2n) is 6.73. The number of hydrogen-bond acceptors (Lipinski definition) is 0. The Morgan fingerprint density at radius 1 is 0.783 bits per heavy atom. The van der Waals surface area contributed by atoms with Gasteiger partial charge in [0.2, 0.25) is 0 Å². The van der Waals surface area contributed by atoms with E-state index in [0.29, 0.717) is 0 Å². The molecule has 1 nitrogen and oxygen atoms in total. The number of quaternary nitrogens is 1. The van der Waals surface area contributed by atoms with Gasteiger partial charge in [0.1, 0.15) is 17.9 Å². The fourth-order valence-corrected chi connectivity index (χ4v) is 3.95. The van der Waals surface area contributed by atoms with Gasteiger partial charge in [-0.2, -0.15) is 0 Å². The quantitative estimate of drug-likeness (QED) is 0.529. The van der Waals surface area contributed by atoms with E-state index in [9.17, 15) is 0 Å². The topological polar surface area (TPSA) is 0 Å². The van der Waals surface area contributed by atoms with Crippen LogP contribution in [0, 0.1) is 0 Å². The lowest BCUT2D eigenvalue weighted by Gasteiger charge is -2.31. The Kier molecular flexibility index (Phi) is 3.14. The van der Waals surface area contributed by atoms with Gasteiger partial charge in [0.25, 0.3) is 0 Å². The Hall–Kier alpha value is -2.38. The van der Waals surface area contributed by atoms with Crippen molar-refractivity contribution < 1.29 is 0 Å². The van der Waals surface area contributed by atoms with Crippen LogP contribution in [-0.4, -0.2) is 7.05 Å². The second-order valence-corrected chi connectivity index (χ2v) is 6.73. The summed E-state index contributed by atoms with van der Waals surface area (Å²) in [5, 5.41) is 2.70. The van der Waals surface area contributed by atoms with E-state index in [1.165, 1.54) is 38.9 Å². The molecule has 0 N–H and O–H groups in total. The van der Waals surface area contributed by atoms with Crippen molar-refractivity contribution in [3.8, 4) is 0 Å². The number of allylic oxidation sites excluding steroid dienone is 2. The van der Waals surface area contributed by atoms with Gasteiger partial charge in [-0.25, -0.2) is 0 Å². The minimum atomic E-state index is 0.871. The first-order valence-corrected chi connectivity index (χ1v) is 8.21. The first-order valence-electron chi connectivity index (χ1n) is 8.21. The zero-order chi connectivity index (χ0) is 16.0. The van der Waals surface area contributed by atoms with Crippen molar-refractivity contribution in [3.05, 3.63) is 83.6 Å². The molecule has 0 aromatic heterocycles. The SMILES string of the molecule is CC1=C(C)[N@@+](C)(Cc2ccccc2)c2ccc3ccccc3c21. The van der Waals surface area contributed by atoms with Crippen molar-refractivity contribution in [2.45, 2.75) is 20.4 Å². The number of rotatable bonds is 2. The molecule has 1 aliphatic rings. The van der Waals surface area contributed by atoms with Gasteiger partial charge in [-0.05, 0) is 23.8 Å². The highest BCUT2D eigenvalue weighted by molar-refractivity contribution is 6.02. The summed E-state index contributed by atoms with van der Waals surface area (Å²) in [6.45, 7) is 5.55. The highest BCUT2D eigenvalue weighted by Crippen LogP contribution is 2.47. The van der Waals surface area contributed by atoms with Gasteiger partial charge < -0.3 is 0 Å². The standard InChI is InChI=1S/C22H22N/c1-16-17(2)23(3,15-18-9-5-4-6-10-18)21-14-13-19-11-7-8-12-20(19)22(16)21/h4-14H,15H2,1-3H3/q+1/t23-/m1/s1. The molecule has 1 atom stereocenters. The Morgan fingerprint density at radius 2 is 1.48 bits per heavy atom. The van der Waals surface area contributed by atoms with Crippen LogP contribution in [0.3, 0.4) is 0 Å². The van der Waals surface area contributed by atoms with Crippen LogP contribution in [0.5, 0.6) is 0 Å². The predicted molar refractivity (Wildman–Crippen MR) is 100 cm³/mol. The number of fused-ring (bicyclic) bond motifs is 3. The molecule has 1 heteroatoms. The lowest BCUT2D eigenvalue weighted by atomic mass is 9.99. The molecular weight excluding hydrogens is 278 g/mol. The van der Waals surface area contributed by atoms with Crippen molar-refractivity contribution in [1.82, 2.24) is 4.48 Å². The summed E-state index contributed by atoms with van der Waals surface area (Å²) in [6, 6.07) is 24.1. The van der Waals surface area contributed by atoms with E-state index >= 15 is 0 Å². The molecule has 4 rings (SSSR count). The molecule has 0 saturated carbocycles. The molecule has 0 fully saturated rings. The number of hydrogen-bond donors (Lipinski definition) is 0. The summed E-state index contributed by atoms with van der Waals surface area (Å²) < 4.78 is 0.871. The average molecular weight is 300 g/mol. The van der Waals surface area contributed by atoms with Gasteiger partial charge in [0.05, 0.1) is 12.6 Å². The zero-order valence-electron chi connectivity index (χ0n) is 14.0. The van der Waals surface area contributed by atoms with E-state index in [1.54, 1.807) is 0 Å². The summed E-state index contributed by atoms with van der Waals surface area (Å²) in [5.41, 5.74) is 7.10. The largest absolute Gasteiger partial charge is 0.260 e. The maximum absolute atomic E-state index is 2.34. The van der Waals surface area contributed by atoms with Gasteiger partial charge in [-0.15, -0.1) is 0 Å². The molecule has 0 spiro atoms. The van der Waals surface area contributed by atoms with Crippen LogP contribution in [0.1, 0.15) is 25.0 Å². The fourth-order valence-electron chi connectivity index (χ4n) is 3.95. The van der Waals surface area contributed by atoms with Crippen molar-refractivity contribution >= 4 is 22.0 Å². The summed E-state index contributed by atoms with van der Waals surface area (Å²) >= 11 is 0. The average Bonchev–Trinajstić information content (AvgIpc) is 2.78. The Balaban J connectivity index is 1.94. The smallest absolute Gasteiger partial charge is 0.146 e. The highest BCUT2D eigenvalue weighted by Gasteiger charge is 2.39. The Bertz CT molecular complexity index is 921. The van der Waals surface area contributed by atoms with E-state index in [4.69, 9.17) is 0 Å². The molecule has 0 unspecified atom stereocenters. The molecule has 0 amide bonds. The Labute approximate surface area is 138 Å². The fraction of sp³-hybridized carbons (Fsp3) is 0.182. The summed E-state index contributed by atoms with van der Waals surface area (Å²) in [6.07, 6.45) is 0. The minimum Gasteiger partial charge on any atom is -0.260 e. The number of nitrogens with zero attached hydrogens (tertiary/aromatic N) is 1. The van der Waals surface area contributed by atoms with Crippen LogP contribution in [0.2, 0.25) is 0 Å². The molecule has 0 saturated heterocycles. The monoisotopic (exact) mass is 300 g/mol. The molecule has 1 heterocycles. The molecule has 1 aliphatic heterocycles. The maximum atomic E-state index is 2.34. The van der Waals surface area contributed by atoms with Crippen LogP contribution in [0.25, 0.3) is 16.3 Å². The van der Waals surface area contributed by atoms with Gasteiger partial charge in [-0.1, -0.05) is 54.6 Å². The van der Waals surface area contributed by atoms with Crippen molar-refractivity contribution in [2.75, 3.05) is 7.05 Å². The van der Waals surface area contributed by atoms with Crippen LogP contribution in [-0.2, 0) is 6.54 Å². The molecule has 114 valence electrons. The molecule has 3 aromatic carbocycles. The third kappa shape index (κ3) is 2.04. The van der Waals surface area contributed by atoms with Crippen LogP contribution >= 0.6 is 0 Å². The van der Waals surface area contributed by atoms with E-state index in [0.717, 1.165) is 11.0 Å². The zero-order valence-corrected chi connectivity index (χ0v) is 14.0. The molecule has 0 radical (unpaired) electrons. The molecule has 3 aromatic rings. The van der Waals surface area contributed by atoms with Gasteiger partial charge in [0, 0.05) is 24.1 Å². The van der Waals surface area contributed by atoms with Crippen LogP contribution in [0.15, 0.2) is 72.4 Å². The molecule has 0 aliphatic carbocycles. The van der Waals surface area contributed by atoms with Gasteiger partial charge >= 0.3 is 0 Å². The van der Waals surface area contributed by atoms with Crippen LogP contribution in [0.4, 0.5) is 5.69 Å². The van der Waals surface area contributed by atoms with Crippen LogP contribution < -0.4 is 4.48 Å². The summed E-state index contributed by atoms with van der Waals surface area (Å²) in [4.78, 5) is 0. The van der Waals surface area contributed by atoms with Gasteiger partial charge in [0.15, 0.2) is 0 Å². The lowest BCUT2D eigenvalue weighted by molar-refractivity contribution is 0.411. The predicted octanol–water partition coefficient (Wildman–Crippen LogP) is 5.74.